The van der Waals surface area contributed by atoms with E-state index in [0.29, 0.717) is 12.1 Å². The Balaban J connectivity index is 1.86. The predicted octanol–water partition coefficient (Wildman–Crippen LogP) is 2.06. The van der Waals surface area contributed by atoms with Crippen molar-refractivity contribution in [3.63, 3.8) is 0 Å². The summed E-state index contributed by atoms with van der Waals surface area (Å²) in [6.45, 7) is 4.08. The van der Waals surface area contributed by atoms with E-state index in [9.17, 15) is 9.59 Å². The lowest BCUT2D eigenvalue weighted by Crippen LogP contribution is -2.51. The van der Waals surface area contributed by atoms with Gasteiger partial charge >= 0.3 is 5.97 Å². The third-order valence-electron chi connectivity index (χ3n) is 3.71. The van der Waals surface area contributed by atoms with Crippen LogP contribution in [0, 0.1) is 6.92 Å². The van der Waals surface area contributed by atoms with Gasteiger partial charge in [0.1, 0.15) is 5.58 Å². The van der Waals surface area contributed by atoms with E-state index in [0.717, 1.165) is 10.9 Å². The van der Waals surface area contributed by atoms with Crippen LogP contribution in [0.2, 0.25) is 0 Å². The maximum atomic E-state index is 12.6. The molecule has 6 nitrogen and oxygen atoms in total. The molecule has 3 rings (SSSR count). The lowest BCUT2D eigenvalue weighted by atomic mass is 10.1. The Labute approximate surface area is 127 Å². The van der Waals surface area contributed by atoms with E-state index >= 15 is 0 Å². The smallest absolute Gasteiger partial charge is 0.334 e. The first-order valence-electron chi connectivity index (χ1n) is 7.12. The Morgan fingerprint density at radius 2 is 2.05 bits per heavy atom. The molecule has 1 N–H and O–H groups in total. The number of carbonyl (C=O) groups excluding carboxylic acids is 1. The second-order valence-corrected chi connectivity index (χ2v) is 5.64. The highest BCUT2D eigenvalue weighted by Gasteiger charge is 2.34. The minimum Gasteiger partial charge on any atom is -0.479 e. The van der Waals surface area contributed by atoms with Crippen LogP contribution in [0.3, 0.4) is 0 Å². The molecule has 0 aliphatic carbocycles. The van der Waals surface area contributed by atoms with Gasteiger partial charge in [-0.15, -0.1) is 0 Å². The minimum atomic E-state index is -1.07. The van der Waals surface area contributed by atoms with Crippen LogP contribution in [0.5, 0.6) is 0 Å². The monoisotopic (exact) mass is 303 g/mol. The van der Waals surface area contributed by atoms with Gasteiger partial charge in [-0.3, -0.25) is 4.79 Å². The number of carbonyl (C=O) groups is 2. The zero-order valence-electron chi connectivity index (χ0n) is 12.4. The summed E-state index contributed by atoms with van der Waals surface area (Å²) < 4.78 is 10.9. The van der Waals surface area contributed by atoms with E-state index in [-0.39, 0.29) is 24.3 Å². The molecule has 2 heterocycles. The molecular weight excluding hydrogens is 286 g/mol. The number of carboxylic acids is 1. The molecule has 1 aliphatic rings. The number of furan rings is 1. The summed E-state index contributed by atoms with van der Waals surface area (Å²) in [6.07, 6.45) is -1.33. The number of rotatable bonds is 2. The summed E-state index contributed by atoms with van der Waals surface area (Å²) in [5.74, 6) is -1.15. The average Bonchev–Trinajstić information content (AvgIpc) is 2.88. The third-order valence-corrected chi connectivity index (χ3v) is 3.71. The third kappa shape index (κ3) is 2.69. The fourth-order valence-corrected chi connectivity index (χ4v) is 2.68. The normalized spacial score (nSPS) is 22.0. The maximum absolute atomic E-state index is 12.6. The molecule has 2 aromatic rings. The van der Waals surface area contributed by atoms with Crippen LogP contribution in [-0.2, 0) is 9.53 Å². The second-order valence-electron chi connectivity index (χ2n) is 5.64. The number of fused-ring (bicyclic) bond motifs is 1. The Kier molecular flexibility index (Phi) is 3.62. The standard InChI is InChI=1S/C16H17NO5/c1-9-3-4-12-11(5-9)6-13(22-12)15(18)17-7-10(2)21-14(8-17)16(19)20/h3-6,10,14H,7-8H2,1-2H3,(H,19,20)/t10-,14?/m1/s1. The first kappa shape index (κ1) is 14.6. The quantitative estimate of drug-likeness (QED) is 0.918. The number of morpholine rings is 1. The Hall–Kier alpha value is -2.34. The van der Waals surface area contributed by atoms with Gasteiger partial charge in [0.25, 0.3) is 5.91 Å². The Bertz CT molecular complexity index is 735. The fourth-order valence-electron chi connectivity index (χ4n) is 2.68. The Morgan fingerprint density at radius 3 is 2.77 bits per heavy atom. The van der Waals surface area contributed by atoms with Crippen molar-refractivity contribution in [1.82, 2.24) is 4.90 Å². The maximum Gasteiger partial charge on any atom is 0.334 e. The predicted molar refractivity (Wildman–Crippen MR) is 78.8 cm³/mol. The van der Waals surface area contributed by atoms with E-state index in [4.69, 9.17) is 14.3 Å². The molecule has 1 aromatic carbocycles. The molecule has 1 amide bonds. The molecule has 0 saturated carbocycles. The van der Waals surface area contributed by atoms with Crippen LogP contribution >= 0.6 is 0 Å². The highest BCUT2D eigenvalue weighted by molar-refractivity contribution is 5.96. The van der Waals surface area contributed by atoms with Gasteiger partial charge in [0, 0.05) is 11.9 Å². The number of amides is 1. The molecule has 1 fully saturated rings. The van der Waals surface area contributed by atoms with Crippen LogP contribution in [0.25, 0.3) is 11.0 Å². The molecule has 0 bridgehead atoms. The van der Waals surface area contributed by atoms with E-state index in [1.54, 1.807) is 13.0 Å². The van der Waals surface area contributed by atoms with Crippen molar-refractivity contribution in [2.24, 2.45) is 0 Å². The van der Waals surface area contributed by atoms with Gasteiger partial charge in [-0.1, -0.05) is 11.6 Å². The first-order valence-corrected chi connectivity index (χ1v) is 7.12. The molecule has 116 valence electrons. The largest absolute Gasteiger partial charge is 0.479 e. The molecule has 1 aliphatic heterocycles. The van der Waals surface area contributed by atoms with Gasteiger partial charge in [0.05, 0.1) is 12.6 Å². The Morgan fingerprint density at radius 1 is 1.27 bits per heavy atom. The van der Waals surface area contributed by atoms with E-state index in [2.05, 4.69) is 0 Å². The fraction of sp³-hybridized carbons (Fsp3) is 0.375. The van der Waals surface area contributed by atoms with Crippen LogP contribution in [0.15, 0.2) is 28.7 Å². The van der Waals surface area contributed by atoms with E-state index in [1.165, 1.54) is 4.90 Å². The molecule has 0 radical (unpaired) electrons. The second kappa shape index (κ2) is 5.46. The number of aliphatic carboxylic acids is 1. The number of ether oxygens (including phenoxy) is 1. The van der Waals surface area contributed by atoms with Crippen molar-refractivity contribution >= 4 is 22.8 Å². The summed E-state index contributed by atoms with van der Waals surface area (Å²) >= 11 is 0. The topological polar surface area (TPSA) is 80.0 Å². The molecule has 1 aromatic heterocycles. The number of nitrogens with zero attached hydrogens (tertiary/aromatic N) is 1. The minimum absolute atomic E-state index is 0.0224. The molecule has 22 heavy (non-hydrogen) atoms. The highest BCUT2D eigenvalue weighted by atomic mass is 16.5. The van der Waals surface area contributed by atoms with Gasteiger partial charge in [-0.2, -0.15) is 0 Å². The van der Waals surface area contributed by atoms with Crippen molar-refractivity contribution < 1.29 is 23.8 Å². The zero-order chi connectivity index (χ0) is 15.9. The molecule has 6 heteroatoms. The number of hydrogen-bond donors (Lipinski definition) is 1. The lowest BCUT2D eigenvalue weighted by molar-refractivity contribution is -0.160. The van der Waals surface area contributed by atoms with Crippen LogP contribution in [-0.4, -0.2) is 47.2 Å². The molecule has 0 spiro atoms. The van der Waals surface area contributed by atoms with Gasteiger partial charge < -0.3 is 19.2 Å². The van der Waals surface area contributed by atoms with Crippen molar-refractivity contribution in [2.45, 2.75) is 26.1 Å². The van der Waals surface area contributed by atoms with Gasteiger partial charge in [-0.05, 0) is 32.0 Å². The van der Waals surface area contributed by atoms with E-state index < -0.39 is 12.1 Å². The van der Waals surface area contributed by atoms with Crippen LogP contribution < -0.4 is 0 Å². The van der Waals surface area contributed by atoms with Crippen molar-refractivity contribution in [1.29, 1.82) is 0 Å². The average molecular weight is 303 g/mol. The number of benzene rings is 1. The first-order chi connectivity index (χ1) is 10.4. The van der Waals surface area contributed by atoms with Crippen molar-refractivity contribution in [2.75, 3.05) is 13.1 Å². The lowest BCUT2D eigenvalue weighted by Gasteiger charge is -2.34. The molecule has 1 unspecified atom stereocenters. The summed E-state index contributed by atoms with van der Waals surface area (Å²) in [5.41, 5.74) is 1.73. The van der Waals surface area contributed by atoms with Crippen LogP contribution in [0.4, 0.5) is 0 Å². The SMILES string of the molecule is Cc1ccc2oc(C(=O)N3CC(C(=O)O)O[C@H](C)C3)cc2c1. The zero-order valence-corrected chi connectivity index (χ0v) is 12.4. The van der Waals surface area contributed by atoms with Gasteiger partial charge in [0.2, 0.25) is 0 Å². The van der Waals surface area contributed by atoms with Gasteiger partial charge in [0.15, 0.2) is 11.9 Å². The van der Waals surface area contributed by atoms with Crippen molar-refractivity contribution in [3.8, 4) is 0 Å². The van der Waals surface area contributed by atoms with E-state index in [1.807, 2.05) is 25.1 Å². The summed E-state index contributed by atoms with van der Waals surface area (Å²) in [7, 11) is 0. The molecule has 2 atom stereocenters. The van der Waals surface area contributed by atoms with Crippen LogP contribution in [0.1, 0.15) is 23.0 Å². The van der Waals surface area contributed by atoms with Crippen molar-refractivity contribution in [3.05, 3.63) is 35.6 Å². The highest BCUT2D eigenvalue weighted by Crippen LogP contribution is 2.23. The number of hydrogen-bond acceptors (Lipinski definition) is 4. The molecular formula is C16H17NO5. The summed E-state index contributed by atoms with van der Waals surface area (Å²) in [6, 6.07) is 7.37. The van der Waals surface area contributed by atoms with Gasteiger partial charge in [-0.25, -0.2) is 4.79 Å². The number of aryl methyl sites for hydroxylation is 1. The number of carboxylic acid groups (broad SMARTS) is 1. The summed E-state index contributed by atoms with van der Waals surface area (Å²) in [4.78, 5) is 25.1. The summed E-state index contributed by atoms with van der Waals surface area (Å²) in [5, 5.41) is 9.95. The molecule has 1 saturated heterocycles.